The van der Waals surface area contributed by atoms with Crippen LogP contribution in [-0.4, -0.2) is 26.1 Å². The Balaban J connectivity index is 0.829. The predicted octanol–water partition coefficient (Wildman–Crippen LogP) is 15.2. The van der Waals surface area contributed by atoms with E-state index in [9.17, 15) is 0 Å². The molecule has 0 spiro atoms. The first-order valence-electron chi connectivity index (χ1n) is 30.0. The SMILES string of the molecule is c1ccc(-c2ccc(N(c3ccc(-c4ccc(N(c5ccc(-c6ccccc6)cc5)c5ccc([Si](c6ccccc6)(c6ccccc6)c6ccncc6)cc5)cc4)cc3)c3ccc([Si](c4ccccc4)(c4ccccc4)c4ccncc4)cc3)cc2)cc1. The number of hydrogen-bond acceptors (Lipinski definition) is 4. The Morgan fingerprint density at radius 2 is 0.330 bits per heavy atom. The second kappa shape index (κ2) is 24.9. The molecule has 0 aliphatic heterocycles. The standard InChI is InChI=1S/C82H62N4Si2/c1-7-19-63(20-8-1)65-31-39-69(40-32-65)85(73-47-51-79(52-48-73)87(75-23-11-3-12-24-75,76-25-13-4-14-26-76)81-55-59-83-60-56-81)71-43-35-67(36-44-71)68-37-45-72(46-38-68)86(70-41-33-66(34-42-70)64-21-9-2-10-22-64)74-49-53-80(54-50-74)88(77-27-15-5-16-28-77,78-29-17-6-18-30-78)82-57-61-84-62-58-82/h1-62H. The highest BCUT2D eigenvalue weighted by Crippen LogP contribution is 2.39. The number of hydrogen-bond donors (Lipinski definition) is 0. The minimum Gasteiger partial charge on any atom is -0.311 e. The second-order valence-corrected chi connectivity index (χ2v) is 29.7. The number of benzene rings is 12. The summed E-state index contributed by atoms with van der Waals surface area (Å²) in [5.41, 5.74) is 13.4. The van der Waals surface area contributed by atoms with E-state index in [1.807, 2.05) is 24.8 Å². The van der Waals surface area contributed by atoms with Gasteiger partial charge in [-0.15, -0.1) is 0 Å². The van der Waals surface area contributed by atoms with Gasteiger partial charge in [-0.25, -0.2) is 0 Å². The van der Waals surface area contributed by atoms with E-state index in [2.05, 4.69) is 372 Å². The number of nitrogens with zero attached hydrogens (tertiary/aromatic N) is 4. The maximum atomic E-state index is 4.48. The fraction of sp³-hybridized carbons (Fsp3) is 0. The summed E-state index contributed by atoms with van der Waals surface area (Å²) in [6.07, 6.45) is 7.74. The summed E-state index contributed by atoms with van der Waals surface area (Å²) < 4.78 is 0. The van der Waals surface area contributed by atoms with Gasteiger partial charge in [-0.2, -0.15) is 0 Å². The molecule has 2 heterocycles. The van der Waals surface area contributed by atoms with Crippen LogP contribution in [0.3, 0.4) is 0 Å². The van der Waals surface area contributed by atoms with E-state index in [0.717, 1.165) is 45.3 Å². The van der Waals surface area contributed by atoms with Crippen LogP contribution >= 0.6 is 0 Å². The van der Waals surface area contributed by atoms with Crippen LogP contribution in [0.25, 0.3) is 33.4 Å². The molecule has 0 atom stereocenters. The molecule has 2 aromatic heterocycles. The molecule has 0 fully saturated rings. The molecule has 6 heteroatoms. The summed E-state index contributed by atoms with van der Waals surface area (Å²) in [6, 6.07) is 129. The summed E-state index contributed by atoms with van der Waals surface area (Å²) in [5, 5.41) is 10.5. The molecule has 0 aliphatic rings. The average Bonchev–Trinajstić information content (AvgIpc) is 2.00. The van der Waals surface area contributed by atoms with Crippen LogP contribution in [0.15, 0.2) is 377 Å². The summed E-state index contributed by atoms with van der Waals surface area (Å²) >= 11 is 0. The molecule has 88 heavy (non-hydrogen) atoms. The van der Waals surface area contributed by atoms with Gasteiger partial charge in [0.05, 0.1) is 0 Å². The van der Waals surface area contributed by atoms with E-state index in [-0.39, 0.29) is 0 Å². The molecular formula is C82H62N4Si2. The molecule has 0 amide bonds. The van der Waals surface area contributed by atoms with E-state index in [1.165, 1.54) is 63.7 Å². The lowest BCUT2D eigenvalue weighted by atomic mass is 10.0. The van der Waals surface area contributed by atoms with Crippen molar-refractivity contribution in [3.63, 3.8) is 0 Å². The predicted molar refractivity (Wildman–Crippen MR) is 375 cm³/mol. The summed E-state index contributed by atoms with van der Waals surface area (Å²) in [4.78, 5) is 13.7. The van der Waals surface area contributed by atoms with Crippen LogP contribution in [0.5, 0.6) is 0 Å². The third-order valence-corrected chi connectivity index (χ3v) is 26.8. The number of aromatic nitrogens is 2. The minimum absolute atomic E-state index is 1.06. The molecule has 0 radical (unpaired) electrons. The smallest absolute Gasteiger partial charge is 0.179 e. The first-order chi connectivity index (χ1) is 43.6. The third kappa shape index (κ3) is 10.6. The highest BCUT2D eigenvalue weighted by molar-refractivity contribution is 7.20. The largest absolute Gasteiger partial charge is 0.311 e. The first-order valence-corrected chi connectivity index (χ1v) is 34.0. The Morgan fingerprint density at radius 3 is 0.557 bits per heavy atom. The molecule has 0 saturated carbocycles. The molecule has 418 valence electrons. The highest BCUT2D eigenvalue weighted by atomic mass is 28.3. The van der Waals surface area contributed by atoms with Crippen molar-refractivity contribution in [2.24, 2.45) is 0 Å². The molecular weight excluding hydrogens is 1100 g/mol. The average molecular weight is 1160 g/mol. The van der Waals surface area contributed by atoms with Crippen LogP contribution in [0.2, 0.25) is 0 Å². The monoisotopic (exact) mass is 1160 g/mol. The zero-order valence-electron chi connectivity index (χ0n) is 48.6. The van der Waals surface area contributed by atoms with E-state index >= 15 is 0 Å². The lowest BCUT2D eigenvalue weighted by molar-refractivity contribution is 1.28. The number of pyridine rings is 2. The van der Waals surface area contributed by atoms with Crippen LogP contribution in [0.4, 0.5) is 34.1 Å². The van der Waals surface area contributed by atoms with Gasteiger partial charge in [0.15, 0.2) is 16.1 Å². The van der Waals surface area contributed by atoms with Crippen molar-refractivity contribution in [1.82, 2.24) is 9.97 Å². The van der Waals surface area contributed by atoms with E-state index in [1.54, 1.807) is 0 Å². The maximum Gasteiger partial charge on any atom is 0.179 e. The summed E-state index contributed by atoms with van der Waals surface area (Å²) in [6.45, 7) is 0. The van der Waals surface area contributed by atoms with Crippen LogP contribution in [-0.2, 0) is 0 Å². The Hall–Kier alpha value is -11.0. The lowest BCUT2D eigenvalue weighted by Crippen LogP contribution is -2.74. The highest BCUT2D eigenvalue weighted by Gasteiger charge is 2.43. The number of rotatable bonds is 17. The summed E-state index contributed by atoms with van der Waals surface area (Å²) in [5.74, 6) is 0. The molecule has 0 unspecified atom stereocenters. The molecule has 14 rings (SSSR count). The van der Waals surface area contributed by atoms with E-state index < -0.39 is 16.1 Å². The molecule has 12 aromatic carbocycles. The molecule has 0 bridgehead atoms. The van der Waals surface area contributed by atoms with Gasteiger partial charge < -0.3 is 9.80 Å². The van der Waals surface area contributed by atoms with Crippen molar-refractivity contribution in [1.29, 1.82) is 0 Å². The van der Waals surface area contributed by atoms with Gasteiger partial charge in [0.25, 0.3) is 0 Å². The second-order valence-electron chi connectivity index (χ2n) is 22.1. The van der Waals surface area contributed by atoms with Crippen LogP contribution in [0.1, 0.15) is 0 Å². The molecule has 0 saturated heterocycles. The fourth-order valence-electron chi connectivity index (χ4n) is 13.0. The van der Waals surface area contributed by atoms with Gasteiger partial charge in [0.1, 0.15) is 0 Å². The van der Waals surface area contributed by atoms with Crippen molar-refractivity contribution in [2.45, 2.75) is 0 Å². The van der Waals surface area contributed by atoms with E-state index in [0.29, 0.717) is 0 Å². The normalized spacial score (nSPS) is 11.4. The zero-order valence-corrected chi connectivity index (χ0v) is 50.6. The molecule has 4 nitrogen and oxygen atoms in total. The van der Waals surface area contributed by atoms with Crippen molar-refractivity contribution in [3.8, 4) is 33.4 Å². The van der Waals surface area contributed by atoms with Crippen molar-refractivity contribution < 1.29 is 0 Å². The molecule has 14 aromatic rings. The van der Waals surface area contributed by atoms with Gasteiger partial charge >= 0.3 is 0 Å². The Kier molecular flexibility index (Phi) is 15.5. The molecule has 0 aliphatic carbocycles. The third-order valence-electron chi connectivity index (χ3n) is 17.2. The van der Waals surface area contributed by atoms with Gasteiger partial charge in [-0.05, 0) is 172 Å². The van der Waals surface area contributed by atoms with Gasteiger partial charge in [0.2, 0.25) is 0 Å². The maximum absolute atomic E-state index is 4.48. The van der Waals surface area contributed by atoms with Crippen LogP contribution < -0.4 is 51.3 Å². The van der Waals surface area contributed by atoms with Gasteiger partial charge in [-0.1, -0.05) is 255 Å². The zero-order chi connectivity index (χ0) is 59.0. The first kappa shape index (κ1) is 54.9. The summed E-state index contributed by atoms with van der Waals surface area (Å²) in [7, 11) is -5.56. The van der Waals surface area contributed by atoms with Crippen LogP contribution in [0, 0.1) is 0 Å². The quantitative estimate of drug-likeness (QED) is 0.0672. The molecule has 0 N–H and O–H groups in total. The fourth-order valence-corrected chi connectivity index (χ4v) is 22.4. The topological polar surface area (TPSA) is 32.3 Å². The lowest BCUT2D eigenvalue weighted by Gasteiger charge is -2.35. The van der Waals surface area contributed by atoms with Gasteiger partial charge in [0, 0.05) is 58.9 Å². The van der Waals surface area contributed by atoms with E-state index in [4.69, 9.17) is 0 Å². The van der Waals surface area contributed by atoms with Crippen molar-refractivity contribution in [2.75, 3.05) is 9.80 Å². The Morgan fingerprint density at radius 1 is 0.159 bits per heavy atom. The minimum atomic E-state index is -2.78. The number of anilines is 6. The van der Waals surface area contributed by atoms with Crippen molar-refractivity contribution in [3.05, 3.63) is 377 Å². The van der Waals surface area contributed by atoms with Gasteiger partial charge in [-0.3, -0.25) is 9.97 Å². The Labute approximate surface area is 518 Å². The van der Waals surface area contributed by atoms with Crippen molar-refractivity contribution >= 4 is 91.8 Å². The Bertz CT molecular complexity index is 4020.